The normalized spacial score (nSPS) is 41.7. The molecule has 1 aliphatic rings. The molecular formula is C7H13ClO2. The zero-order valence-corrected chi connectivity index (χ0v) is 6.84. The molecule has 2 nitrogen and oxygen atoms in total. The molecule has 60 valence electrons. The molecule has 0 aromatic heterocycles. The standard InChI is InChI=1S/C7H13ClO2/c1-10-6-4-2-3-5(9)7(6)8/h5-7,9H,2-4H2,1H3/t5-,6-,7+/m0/s1. The molecule has 3 heteroatoms. The monoisotopic (exact) mass is 164 g/mol. The summed E-state index contributed by atoms with van der Waals surface area (Å²) in [6.45, 7) is 0. The van der Waals surface area contributed by atoms with Crippen molar-refractivity contribution in [2.45, 2.75) is 36.8 Å². The average molecular weight is 165 g/mol. The average Bonchev–Trinajstić information content (AvgIpc) is 1.95. The predicted octanol–water partition coefficient (Wildman–Crippen LogP) is 1.15. The van der Waals surface area contributed by atoms with Gasteiger partial charge in [0.05, 0.1) is 17.6 Å². The minimum atomic E-state index is -0.375. The molecule has 10 heavy (non-hydrogen) atoms. The number of aliphatic hydroxyl groups is 1. The van der Waals surface area contributed by atoms with E-state index in [4.69, 9.17) is 16.3 Å². The van der Waals surface area contributed by atoms with Crippen LogP contribution in [0.5, 0.6) is 0 Å². The minimum absolute atomic E-state index is 0.0467. The van der Waals surface area contributed by atoms with Gasteiger partial charge >= 0.3 is 0 Å². The molecule has 1 N–H and O–H groups in total. The first kappa shape index (κ1) is 8.31. The fourth-order valence-electron chi connectivity index (χ4n) is 1.34. The predicted molar refractivity (Wildman–Crippen MR) is 40.3 cm³/mol. The van der Waals surface area contributed by atoms with Crippen LogP contribution in [0, 0.1) is 0 Å². The molecule has 0 spiro atoms. The van der Waals surface area contributed by atoms with E-state index < -0.39 is 0 Å². The molecular weight excluding hydrogens is 152 g/mol. The highest BCUT2D eigenvalue weighted by atomic mass is 35.5. The van der Waals surface area contributed by atoms with Crippen LogP contribution >= 0.6 is 11.6 Å². The Kier molecular flexibility index (Phi) is 2.96. The van der Waals surface area contributed by atoms with Crippen molar-refractivity contribution in [3.63, 3.8) is 0 Å². The third-order valence-electron chi connectivity index (χ3n) is 2.01. The number of rotatable bonds is 1. The van der Waals surface area contributed by atoms with E-state index in [2.05, 4.69) is 0 Å². The Morgan fingerprint density at radius 1 is 1.50 bits per heavy atom. The van der Waals surface area contributed by atoms with E-state index in [0.29, 0.717) is 0 Å². The summed E-state index contributed by atoms with van der Waals surface area (Å²) in [5.74, 6) is 0. The largest absolute Gasteiger partial charge is 0.391 e. The second kappa shape index (κ2) is 3.56. The quantitative estimate of drug-likeness (QED) is 0.590. The van der Waals surface area contributed by atoms with Crippen LogP contribution in [0.25, 0.3) is 0 Å². The van der Waals surface area contributed by atoms with E-state index in [9.17, 15) is 5.11 Å². The summed E-state index contributed by atoms with van der Waals surface area (Å²) in [5.41, 5.74) is 0. The summed E-state index contributed by atoms with van der Waals surface area (Å²) in [5, 5.41) is 9.06. The second-order valence-electron chi connectivity index (χ2n) is 2.72. The molecule has 0 aliphatic heterocycles. The van der Waals surface area contributed by atoms with Gasteiger partial charge in [-0.15, -0.1) is 11.6 Å². The van der Waals surface area contributed by atoms with E-state index >= 15 is 0 Å². The summed E-state index contributed by atoms with van der Waals surface area (Å²) in [7, 11) is 1.64. The van der Waals surface area contributed by atoms with Gasteiger partial charge in [0.25, 0.3) is 0 Å². The topological polar surface area (TPSA) is 29.5 Å². The molecule has 0 aromatic carbocycles. The Hall–Kier alpha value is 0.210. The van der Waals surface area contributed by atoms with Crippen LogP contribution in [0.15, 0.2) is 0 Å². The smallest absolute Gasteiger partial charge is 0.0856 e. The molecule has 1 saturated carbocycles. The van der Waals surface area contributed by atoms with Crippen LogP contribution in [0.4, 0.5) is 0 Å². The Morgan fingerprint density at radius 2 is 2.20 bits per heavy atom. The molecule has 1 rings (SSSR count). The molecule has 0 amide bonds. The summed E-state index contributed by atoms with van der Waals surface area (Å²) < 4.78 is 5.08. The number of halogens is 1. The first-order chi connectivity index (χ1) is 4.75. The molecule has 0 aromatic rings. The van der Waals surface area contributed by atoms with Gasteiger partial charge in [-0.1, -0.05) is 0 Å². The van der Waals surface area contributed by atoms with Gasteiger partial charge in [-0.3, -0.25) is 0 Å². The summed E-state index contributed by atoms with van der Waals surface area (Å²) in [4.78, 5) is 0. The van der Waals surface area contributed by atoms with Gasteiger partial charge in [0.15, 0.2) is 0 Å². The van der Waals surface area contributed by atoms with Crippen LogP contribution in [0.3, 0.4) is 0 Å². The van der Waals surface area contributed by atoms with Crippen molar-refractivity contribution >= 4 is 11.6 Å². The zero-order valence-electron chi connectivity index (χ0n) is 6.09. The van der Waals surface area contributed by atoms with Crippen LogP contribution in [0.2, 0.25) is 0 Å². The van der Waals surface area contributed by atoms with Gasteiger partial charge in [0.2, 0.25) is 0 Å². The van der Waals surface area contributed by atoms with Crippen LogP contribution < -0.4 is 0 Å². The summed E-state index contributed by atoms with van der Waals surface area (Å²) in [6.07, 6.45) is 2.48. The highest BCUT2D eigenvalue weighted by Crippen LogP contribution is 2.25. The molecule has 0 saturated heterocycles. The van der Waals surface area contributed by atoms with Gasteiger partial charge in [-0.25, -0.2) is 0 Å². The molecule has 0 radical (unpaired) electrons. The molecule has 1 aliphatic carbocycles. The Morgan fingerprint density at radius 3 is 2.70 bits per heavy atom. The fourth-order valence-corrected chi connectivity index (χ4v) is 1.70. The summed E-state index contributed by atoms with van der Waals surface area (Å²) in [6, 6.07) is 0. The number of hydrogen-bond donors (Lipinski definition) is 1. The van der Waals surface area contributed by atoms with Gasteiger partial charge in [0, 0.05) is 7.11 Å². The van der Waals surface area contributed by atoms with Crippen molar-refractivity contribution in [2.75, 3.05) is 7.11 Å². The first-order valence-corrected chi connectivity index (χ1v) is 4.04. The SMILES string of the molecule is CO[C@H]1CCC[C@H](O)[C@H]1Cl. The summed E-state index contributed by atoms with van der Waals surface area (Å²) >= 11 is 5.86. The molecule has 1 fully saturated rings. The maximum atomic E-state index is 9.27. The number of hydrogen-bond acceptors (Lipinski definition) is 2. The van der Waals surface area contributed by atoms with Crippen LogP contribution in [-0.4, -0.2) is 29.8 Å². The maximum absolute atomic E-state index is 9.27. The van der Waals surface area contributed by atoms with E-state index in [0.717, 1.165) is 19.3 Å². The Balaban J connectivity index is 2.42. The van der Waals surface area contributed by atoms with E-state index in [1.165, 1.54) is 0 Å². The van der Waals surface area contributed by atoms with Crippen molar-refractivity contribution in [3.8, 4) is 0 Å². The highest BCUT2D eigenvalue weighted by molar-refractivity contribution is 6.21. The second-order valence-corrected chi connectivity index (χ2v) is 3.22. The molecule has 0 heterocycles. The van der Waals surface area contributed by atoms with Crippen LogP contribution in [0.1, 0.15) is 19.3 Å². The van der Waals surface area contributed by atoms with Crippen molar-refractivity contribution in [1.82, 2.24) is 0 Å². The molecule has 3 atom stereocenters. The number of aliphatic hydroxyl groups excluding tert-OH is 1. The number of alkyl halides is 1. The minimum Gasteiger partial charge on any atom is -0.391 e. The van der Waals surface area contributed by atoms with Gasteiger partial charge < -0.3 is 9.84 Å². The Bertz CT molecular complexity index is 108. The lowest BCUT2D eigenvalue weighted by molar-refractivity contribution is 0.0162. The molecule has 0 unspecified atom stereocenters. The number of ether oxygens (including phenoxy) is 1. The molecule has 0 bridgehead atoms. The van der Waals surface area contributed by atoms with E-state index in [1.54, 1.807) is 7.11 Å². The zero-order chi connectivity index (χ0) is 7.56. The van der Waals surface area contributed by atoms with Gasteiger partial charge in [-0.05, 0) is 19.3 Å². The fraction of sp³-hybridized carbons (Fsp3) is 1.00. The third kappa shape index (κ3) is 1.62. The number of methoxy groups -OCH3 is 1. The van der Waals surface area contributed by atoms with Crippen molar-refractivity contribution in [3.05, 3.63) is 0 Å². The van der Waals surface area contributed by atoms with E-state index in [1.807, 2.05) is 0 Å². The van der Waals surface area contributed by atoms with E-state index in [-0.39, 0.29) is 17.6 Å². The first-order valence-electron chi connectivity index (χ1n) is 3.60. The van der Waals surface area contributed by atoms with Gasteiger partial charge in [-0.2, -0.15) is 0 Å². The Labute approximate surface area is 66.1 Å². The van der Waals surface area contributed by atoms with Gasteiger partial charge in [0.1, 0.15) is 0 Å². The van der Waals surface area contributed by atoms with Crippen molar-refractivity contribution < 1.29 is 9.84 Å². The lowest BCUT2D eigenvalue weighted by Crippen LogP contribution is -2.38. The maximum Gasteiger partial charge on any atom is 0.0856 e. The lowest BCUT2D eigenvalue weighted by Gasteiger charge is -2.29. The lowest BCUT2D eigenvalue weighted by atomic mass is 9.94. The van der Waals surface area contributed by atoms with Crippen LogP contribution in [-0.2, 0) is 4.74 Å². The van der Waals surface area contributed by atoms with Crippen molar-refractivity contribution in [2.24, 2.45) is 0 Å². The highest BCUT2D eigenvalue weighted by Gasteiger charge is 2.29. The third-order valence-corrected chi connectivity index (χ3v) is 2.59. The van der Waals surface area contributed by atoms with Crippen molar-refractivity contribution in [1.29, 1.82) is 0 Å².